The molecule has 1 aromatic heterocycles. The Morgan fingerprint density at radius 2 is 1.60 bits per heavy atom. The highest BCUT2D eigenvalue weighted by atomic mass is 32.1. The molecule has 0 aliphatic heterocycles. The minimum absolute atomic E-state index is 0.0473. The Bertz CT molecular complexity index is 1530. The minimum atomic E-state index is -0.831. The van der Waals surface area contributed by atoms with Crippen LogP contribution in [-0.4, -0.2) is 95.4 Å². The van der Waals surface area contributed by atoms with Gasteiger partial charge >= 0.3 is 11.9 Å². The van der Waals surface area contributed by atoms with E-state index in [0.29, 0.717) is 24.3 Å². The Morgan fingerprint density at radius 3 is 2.16 bits per heavy atom. The second-order valence-corrected chi connectivity index (χ2v) is 17.1. The summed E-state index contributed by atoms with van der Waals surface area (Å²) in [6.45, 7) is 19.6. The Kier molecular flexibility index (Phi) is 19.5. The number of hydrogen-bond donors (Lipinski definition) is 2. The second kappa shape index (κ2) is 22.6. The van der Waals surface area contributed by atoms with Crippen molar-refractivity contribution in [2.75, 3.05) is 27.2 Å². The number of carbonyl (C=O) groups excluding carboxylic acids is 5. The third-order valence-corrected chi connectivity index (χ3v) is 10.6. The van der Waals surface area contributed by atoms with Crippen molar-refractivity contribution < 1.29 is 33.4 Å². The summed E-state index contributed by atoms with van der Waals surface area (Å²) in [6, 6.07) is 8.21. The van der Waals surface area contributed by atoms with Gasteiger partial charge in [0.2, 0.25) is 11.8 Å². The summed E-state index contributed by atoms with van der Waals surface area (Å²) in [5.41, 5.74) is 0.534. The van der Waals surface area contributed by atoms with Crippen LogP contribution in [0.2, 0.25) is 0 Å². The largest absolute Gasteiger partial charge is 0.460 e. The molecule has 0 unspecified atom stereocenters. The Morgan fingerprint density at radius 1 is 0.945 bits per heavy atom. The average molecular weight is 786 g/mol. The summed E-state index contributed by atoms with van der Waals surface area (Å²) in [5.74, 6) is -2.33. The van der Waals surface area contributed by atoms with E-state index in [4.69, 9.17) is 9.47 Å². The van der Waals surface area contributed by atoms with Crippen molar-refractivity contribution in [3.8, 4) is 0 Å². The Hall–Kier alpha value is -3.84. The zero-order valence-electron chi connectivity index (χ0n) is 35.3. The topological polar surface area (TPSA) is 147 Å². The standard InChI is InChI=1S/C42H67N5O7S/c1-13-15-21-46(11)25-36(49)45-37(28(5)14-2)40(51)47(12)34(27(3)4)24-35(53-30(7)48)39-44-33(26-55-39)38(50)43-32(23-31-19-17-16-18-20-31)22-29(6)41(52)54-42(8,9)10/h16-20,26-29,32,34-35,37H,13-15,21-25H2,1-12H3,(H,43,50)(H,45,49)/t28-,29-,32+,34+,35+,37-/m0/s1. The lowest BCUT2D eigenvalue weighted by atomic mass is 9.93. The SMILES string of the molecule is CCCCN(C)CC(=O)N[C@H](C(=O)N(C)[C@H](C[C@@H](OC(C)=O)c1nc(C(=O)N[C@@H](Cc2ccccc2)C[C@H](C)C(=O)OC(C)(C)C)cs1)C(C)C)[C@@H](C)CC. The van der Waals surface area contributed by atoms with E-state index in [0.717, 1.165) is 24.9 Å². The Balaban J connectivity index is 2.31. The first-order chi connectivity index (χ1) is 25.8. The van der Waals surface area contributed by atoms with Gasteiger partial charge in [0.1, 0.15) is 22.3 Å². The molecule has 1 aromatic carbocycles. The predicted octanol–water partition coefficient (Wildman–Crippen LogP) is 6.59. The summed E-state index contributed by atoms with van der Waals surface area (Å²) in [5, 5.41) is 8.14. The molecule has 55 heavy (non-hydrogen) atoms. The average Bonchev–Trinajstić information content (AvgIpc) is 3.60. The lowest BCUT2D eigenvalue weighted by Gasteiger charge is -2.37. The van der Waals surface area contributed by atoms with Crippen LogP contribution in [0.1, 0.15) is 129 Å². The fraction of sp³-hybridized carbons (Fsp3) is 0.667. The molecule has 13 heteroatoms. The number of thiazole rings is 1. The van der Waals surface area contributed by atoms with Gasteiger partial charge < -0.3 is 25.0 Å². The fourth-order valence-electron chi connectivity index (χ4n) is 6.35. The molecule has 0 spiro atoms. The van der Waals surface area contributed by atoms with Crippen molar-refractivity contribution in [2.24, 2.45) is 17.8 Å². The molecule has 0 aliphatic carbocycles. The molecule has 3 amide bonds. The minimum Gasteiger partial charge on any atom is -0.460 e. The number of nitrogens with zero attached hydrogens (tertiary/aromatic N) is 3. The molecule has 2 N–H and O–H groups in total. The van der Waals surface area contributed by atoms with E-state index < -0.39 is 47.6 Å². The van der Waals surface area contributed by atoms with Crippen LogP contribution in [0.5, 0.6) is 0 Å². The Labute approximate surface area is 333 Å². The molecule has 1 heterocycles. The molecule has 2 aromatic rings. The van der Waals surface area contributed by atoms with Gasteiger partial charge in [-0.1, -0.05) is 84.7 Å². The molecule has 2 rings (SSSR count). The highest BCUT2D eigenvalue weighted by molar-refractivity contribution is 7.09. The maximum Gasteiger partial charge on any atom is 0.309 e. The number of hydrogen-bond acceptors (Lipinski definition) is 10. The van der Waals surface area contributed by atoms with Crippen molar-refractivity contribution in [3.63, 3.8) is 0 Å². The number of unbranched alkanes of at least 4 members (excludes halogenated alkanes) is 1. The summed E-state index contributed by atoms with van der Waals surface area (Å²) in [7, 11) is 3.62. The molecule has 0 saturated heterocycles. The number of carbonyl (C=O) groups is 5. The summed E-state index contributed by atoms with van der Waals surface area (Å²) < 4.78 is 11.4. The molecular weight excluding hydrogens is 719 g/mol. The molecule has 0 radical (unpaired) electrons. The number of likely N-dealkylation sites (N-methyl/N-ethyl adjacent to an activating group) is 2. The van der Waals surface area contributed by atoms with E-state index in [1.165, 1.54) is 18.3 Å². The van der Waals surface area contributed by atoms with Crippen LogP contribution in [0.4, 0.5) is 0 Å². The predicted molar refractivity (Wildman–Crippen MR) is 217 cm³/mol. The maximum atomic E-state index is 14.1. The van der Waals surface area contributed by atoms with Crippen LogP contribution in [0.15, 0.2) is 35.7 Å². The van der Waals surface area contributed by atoms with E-state index in [9.17, 15) is 24.0 Å². The number of nitrogens with one attached hydrogen (secondary N) is 2. The number of benzene rings is 1. The van der Waals surface area contributed by atoms with Gasteiger partial charge in [-0.15, -0.1) is 11.3 Å². The first-order valence-corrected chi connectivity index (χ1v) is 20.6. The summed E-state index contributed by atoms with van der Waals surface area (Å²) >= 11 is 1.20. The third kappa shape index (κ3) is 16.4. The molecular formula is C42H67N5O7S. The van der Waals surface area contributed by atoms with Gasteiger partial charge in [0.05, 0.1) is 12.5 Å². The molecule has 0 saturated carbocycles. The maximum absolute atomic E-state index is 14.1. The first kappa shape index (κ1) is 47.3. The van der Waals surface area contributed by atoms with Crippen molar-refractivity contribution in [1.82, 2.24) is 25.4 Å². The smallest absolute Gasteiger partial charge is 0.309 e. The normalized spacial score (nSPS) is 15.0. The van der Waals surface area contributed by atoms with E-state index in [1.54, 1.807) is 24.3 Å². The van der Waals surface area contributed by atoms with E-state index in [2.05, 4.69) is 22.5 Å². The molecule has 6 atom stereocenters. The zero-order chi connectivity index (χ0) is 41.5. The first-order valence-electron chi connectivity index (χ1n) is 19.7. The highest BCUT2D eigenvalue weighted by Crippen LogP contribution is 2.31. The quantitative estimate of drug-likeness (QED) is 0.126. The fourth-order valence-corrected chi connectivity index (χ4v) is 7.19. The molecule has 12 nitrogen and oxygen atoms in total. The molecule has 0 bridgehead atoms. The number of amides is 3. The van der Waals surface area contributed by atoms with E-state index in [1.807, 2.05) is 90.7 Å². The van der Waals surface area contributed by atoms with Crippen molar-refractivity contribution in [1.29, 1.82) is 0 Å². The van der Waals surface area contributed by atoms with Crippen LogP contribution >= 0.6 is 11.3 Å². The van der Waals surface area contributed by atoms with Gasteiger partial charge in [0.25, 0.3) is 5.91 Å². The monoisotopic (exact) mass is 785 g/mol. The van der Waals surface area contributed by atoms with Crippen LogP contribution in [0, 0.1) is 17.8 Å². The van der Waals surface area contributed by atoms with Gasteiger partial charge in [-0.25, -0.2) is 4.98 Å². The van der Waals surface area contributed by atoms with Crippen molar-refractivity contribution >= 4 is 41.0 Å². The van der Waals surface area contributed by atoms with Crippen LogP contribution < -0.4 is 10.6 Å². The highest BCUT2D eigenvalue weighted by Gasteiger charge is 2.36. The lowest BCUT2D eigenvalue weighted by Crippen LogP contribution is -2.55. The molecule has 308 valence electrons. The molecule has 0 aliphatic rings. The summed E-state index contributed by atoms with van der Waals surface area (Å²) in [6.07, 6.45) is 2.95. The lowest BCUT2D eigenvalue weighted by molar-refractivity contribution is -0.159. The number of rotatable bonds is 22. The third-order valence-electron chi connectivity index (χ3n) is 9.62. The summed E-state index contributed by atoms with van der Waals surface area (Å²) in [4.78, 5) is 74.4. The van der Waals surface area contributed by atoms with Gasteiger partial charge in [0.15, 0.2) is 6.10 Å². The molecule has 0 fully saturated rings. The number of esters is 2. The van der Waals surface area contributed by atoms with E-state index in [-0.39, 0.29) is 48.3 Å². The van der Waals surface area contributed by atoms with E-state index >= 15 is 0 Å². The van der Waals surface area contributed by atoms with Crippen molar-refractivity contribution in [2.45, 2.75) is 138 Å². The number of aromatic nitrogens is 1. The van der Waals surface area contributed by atoms with Gasteiger partial charge in [-0.3, -0.25) is 28.9 Å². The van der Waals surface area contributed by atoms with Gasteiger partial charge in [-0.2, -0.15) is 0 Å². The van der Waals surface area contributed by atoms with Crippen LogP contribution in [0.3, 0.4) is 0 Å². The van der Waals surface area contributed by atoms with Crippen LogP contribution in [0.25, 0.3) is 0 Å². The number of ether oxygens (including phenoxy) is 2. The second-order valence-electron chi connectivity index (χ2n) is 16.2. The zero-order valence-corrected chi connectivity index (χ0v) is 36.1. The van der Waals surface area contributed by atoms with Gasteiger partial charge in [-0.05, 0) is 71.0 Å². The van der Waals surface area contributed by atoms with Gasteiger partial charge in [0, 0.05) is 37.9 Å². The van der Waals surface area contributed by atoms with Crippen molar-refractivity contribution in [3.05, 3.63) is 52.0 Å². The van der Waals surface area contributed by atoms with Crippen LogP contribution in [-0.2, 0) is 35.1 Å².